The molecule has 4 nitrogen and oxygen atoms in total. The summed E-state index contributed by atoms with van der Waals surface area (Å²) in [4.78, 5) is 15.0. The zero-order valence-corrected chi connectivity index (χ0v) is 14.7. The summed E-state index contributed by atoms with van der Waals surface area (Å²) in [6, 6.07) is 3.71. The predicted octanol–water partition coefficient (Wildman–Crippen LogP) is 3.84. The number of thioether (sulfide) groups is 1. The molecule has 0 spiro atoms. The molecule has 0 fully saturated rings. The Morgan fingerprint density at radius 2 is 2.15 bits per heavy atom. The minimum atomic E-state index is -0.492. The maximum absolute atomic E-state index is 12.2. The molecule has 110 valence electrons. The molecule has 1 N–H and O–H groups in total. The molecule has 20 heavy (non-hydrogen) atoms. The Balaban J connectivity index is 2.19. The highest BCUT2D eigenvalue weighted by molar-refractivity contribution is 14.1. The van der Waals surface area contributed by atoms with Gasteiger partial charge in [0.25, 0.3) is 0 Å². The van der Waals surface area contributed by atoms with E-state index in [1.54, 1.807) is 22.7 Å². The number of carbonyl (C=O) groups is 1. The van der Waals surface area contributed by atoms with Gasteiger partial charge in [0.05, 0.1) is 10.1 Å². The first-order valence-corrected chi connectivity index (χ1v) is 8.45. The van der Waals surface area contributed by atoms with Gasteiger partial charge in [-0.15, -0.1) is 11.8 Å². The summed E-state index contributed by atoms with van der Waals surface area (Å²) in [5.74, 6) is 1.09. The molecule has 1 aromatic rings. The van der Waals surface area contributed by atoms with Crippen LogP contribution in [-0.4, -0.2) is 34.0 Å². The third kappa shape index (κ3) is 3.94. The Labute approximate surface area is 137 Å². The van der Waals surface area contributed by atoms with Crippen LogP contribution in [0.1, 0.15) is 26.3 Å². The van der Waals surface area contributed by atoms with Crippen molar-refractivity contribution in [2.24, 2.45) is 0 Å². The monoisotopic (exact) mass is 407 g/mol. The molecule has 1 aliphatic rings. The van der Waals surface area contributed by atoms with Gasteiger partial charge in [0.15, 0.2) is 0 Å². The van der Waals surface area contributed by atoms with E-state index >= 15 is 0 Å². The third-order valence-electron chi connectivity index (χ3n) is 2.76. The molecule has 0 saturated heterocycles. The van der Waals surface area contributed by atoms with Gasteiger partial charge in [0, 0.05) is 17.2 Å². The van der Waals surface area contributed by atoms with E-state index in [1.807, 2.05) is 26.8 Å². The summed E-state index contributed by atoms with van der Waals surface area (Å²) in [6.45, 7) is 6.70. The molecule has 0 aliphatic carbocycles. The number of benzene rings is 1. The second kappa shape index (κ2) is 6.01. The van der Waals surface area contributed by atoms with Crippen molar-refractivity contribution in [3.63, 3.8) is 0 Å². The number of nitrogens with zero attached hydrogens (tertiary/aromatic N) is 1. The fourth-order valence-corrected chi connectivity index (χ4v) is 3.60. The van der Waals surface area contributed by atoms with Crippen LogP contribution in [0.2, 0.25) is 0 Å². The van der Waals surface area contributed by atoms with Crippen LogP contribution in [0.3, 0.4) is 0 Å². The molecule has 1 aromatic carbocycles. The molecular formula is C14H18INO3S. The topological polar surface area (TPSA) is 49.8 Å². The van der Waals surface area contributed by atoms with Crippen LogP contribution in [-0.2, 0) is 11.3 Å². The average molecular weight is 407 g/mol. The zero-order chi connectivity index (χ0) is 14.9. The van der Waals surface area contributed by atoms with Crippen LogP contribution in [0.25, 0.3) is 0 Å². The molecule has 0 bridgehead atoms. The van der Waals surface area contributed by atoms with Crippen molar-refractivity contribution in [2.75, 3.05) is 12.3 Å². The van der Waals surface area contributed by atoms with Gasteiger partial charge in [0.1, 0.15) is 11.4 Å². The Bertz CT molecular complexity index is 528. The standard InChI is InChI=1S/C14H18INO3S/c1-14(2,3)19-13(18)16-4-5-20-12-7-10(15)11(17)6-9(12)8-16/h6-7,17H,4-5,8H2,1-3H3. The number of aromatic hydroxyl groups is 1. The number of ether oxygens (including phenoxy) is 1. The van der Waals surface area contributed by atoms with Gasteiger partial charge in [-0.25, -0.2) is 4.79 Å². The summed E-state index contributed by atoms with van der Waals surface area (Å²) in [5.41, 5.74) is 0.476. The van der Waals surface area contributed by atoms with Gasteiger partial charge in [-0.05, 0) is 61.1 Å². The van der Waals surface area contributed by atoms with Crippen LogP contribution in [0.4, 0.5) is 4.79 Å². The van der Waals surface area contributed by atoms with Gasteiger partial charge in [0.2, 0.25) is 0 Å². The van der Waals surface area contributed by atoms with Crippen molar-refractivity contribution in [2.45, 2.75) is 37.8 Å². The van der Waals surface area contributed by atoms with E-state index in [4.69, 9.17) is 4.74 Å². The first-order valence-electron chi connectivity index (χ1n) is 6.38. The number of phenolic OH excluding ortho intramolecular Hbond substituents is 1. The van der Waals surface area contributed by atoms with E-state index in [2.05, 4.69) is 22.6 Å². The molecular weight excluding hydrogens is 389 g/mol. The van der Waals surface area contributed by atoms with E-state index in [0.29, 0.717) is 13.1 Å². The van der Waals surface area contributed by atoms with Crippen molar-refractivity contribution in [3.8, 4) is 5.75 Å². The number of hydrogen-bond donors (Lipinski definition) is 1. The third-order valence-corrected chi connectivity index (χ3v) is 4.70. The van der Waals surface area contributed by atoms with Crippen molar-refractivity contribution in [3.05, 3.63) is 21.3 Å². The van der Waals surface area contributed by atoms with Gasteiger partial charge in [-0.2, -0.15) is 0 Å². The second-order valence-electron chi connectivity index (χ2n) is 5.66. The fraction of sp³-hybridized carbons (Fsp3) is 0.500. The highest BCUT2D eigenvalue weighted by Crippen LogP contribution is 2.33. The molecule has 0 saturated carbocycles. The molecule has 1 amide bonds. The predicted molar refractivity (Wildman–Crippen MR) is 88.2 cm³/mol. The maximum atomic E-state index is 12.2. The van der Waals surface area contributed by atoms with Crippen LogP contribution >= 0.6 is 34.4 Å². The second-order valence-corrected chi connectivity index (χ2v) is 7.96. The zero-order valence-electron chi connectivity index (χ0n) is 11.8. The first-order chi connectivity index (χ1) is 9.26. The fourth-order valence-electron chi connectivity index (χ4n) is 1.88. The largest absolute Gasteiger partial charge is 0.507 e. The first kappa shape index (κ1) is 15.8. The Kier molecular flexibility index (Phi) is 4.73. The minimum Gasteiger partial charge on any atom is -0.507 e. The van der Waals surface area contributed by atoms with Crippen molar-refractivity contribution in [1.82, 2.24) is 4.90 Å². The number of amides is 1. The molecule has 2 rings (SSSR count). The number of rotatable bonds is 0. The van der Waals surface area contributed by atoms with Gasteiger partial charge in [-0.3, -0.25) is 0 Å². The van der Waals surface area contributed by atoms with Crippen molar-refractivity contribution >= 4 is 40.4 Å². The number of halogens is 1. The van der Waals surface area contributed by atoms with Crippen LogP contribution < -0.4 is 0 Å². The van der Waals surface area contributed by atoms with E-state index in [9.17, 15) is 9.90 Å². The lowest BCUT2D eigenvalue weighted by Gasteiger charge is -2.26. The summed E-state index contributed by atoms with van der Waals surface area (Å²) in [5, 5.41) is 9.83. The van der Waals surface area contributed by atoms with Crippen molar-refractivity contribution < 1.29 is 14.6 Å². The summed E-state index contributed by atoms with van der Waals surface area (Å²) < 4.78 is 6.25. The quantitative estimate of drug-likeness (QED) is 0.664. The molecule has 0 unspecified atom stereocenters. The summed E-state index contributed by atoms with van der Waals surface area (Å²) in [6.07, 6.45) is -0.302. The van der Waals surface area contributed by atoms with Crippen LogP contribution in [0, 0.1) is 3.57 Å². The smallest absolute Gasteiger partial charge is 0.410 e. The molecule has 0 aromatic heterocycles. The summed E-state index contributed by atoms with van der Waals surface area (Å²) in [7, 11) is 0. The van der Waals surface area contributed by atoms with Crippen LogP contribution in [0.5, 0.6) is 5.75 Å². The highest BCUT2D eigenvalue weighted by atomic mass is 127. The van der Waals surface area contributed by atoms with E-state index in [1.165, 1.54) is 0 Å². The number of phenols is 1. The SMILES string of the molecule is CC(C)(C)OC(=O)N1CCSc2cc(I)c(O)cc2C1. The van der Waals surface area contributed by atoms with E-state index in [-0.39, 0.29) is 11.8 Å². The Hall–Kier alpha value is -0.630. The minimum absolute atomic E-state index is 0.260. The van der Waals surface area contributed by atoms with E-state index in [0.717, 1.165) is 19.8 Å². The Morgan fingerprint density at radius 3 is 2.80 bits per heavy atom. The lowest BCUT2D eigenvalue weighted by molar-refractivity contribution is 0.0246. The van der Waals surface area contributed by atoms with Crippen LogP contribution in [0.15, 0.2) is 17.0 Å². The Morgan fingerprint density at radius 1 is 1.45 bits per heavy atom. The molecule has 6 heteroatoms. The number of fused-ring (bicyclic) bond motifs is 1. The van der Waals surface area contributed by atoms with Crippen molar-refractivity contribution in [1.29, 1.82) is 0 Å². The normalized spacial score (nSPS) is 15.5. The number of carbonyl (C=O) groups excluding carboxylic acids is 1. The van der Waals surface area contributed by atoms with Gasteiger partial charge in [-0.1, -0.05) is 0 Å². The molecule has 1 aliphatic heterocycles. The molecule has 1 heterocycles. The number of hydrogen-bond acceptors (Lipinski definition) is 4. The van der Waals surface area contributed by atoms with Gasteiger partial charge >= 0.3 is 6.09 Å². The molecule has 0 atom stereocenters. The lowest BCUT2D eigenvalue weighted by Crippen LogP contribution is -2.37. The lowest BCUT2D eigenvalue weighted by atomic mass is 10.2. The highest BCUT2D eigenvalue weighted by Gasteiger charge is 2.25. The average Bonchev–Trinajstić information content (AvgIpc) is 2.50. The molecule has 0 radical (unpaired) electrons. The maximum Gasteiger partial charge on any atom is 0.410 e. The van der Waals surface area contributed by atoms with Gasteiger partial charge < -0.3 is 14.7 Å². The van der Waals surface area contributed by atoms with E-state index < -0.39 is 5.60 Å². The summed E-state index contributed by atoms with van der Waals surface area (Å²) >= 11 is 3.82.